The van der Waals surface area contributed by atoms with E-state index in [0.29, 0.717) is 16.9 Å². The van der Waals surface area contributed by atoms with Gasteiger partial charge in [0.15, 0.2) is 12.9 Å². The van der Waals surface area contributed by atoms with Crippen LogP contribution < -0.4 is 4.74 Å². The van der Waals surface area contributed by atoms with E-state index in [1.807, 2.05) is 36.4 Å². The molecule has 0 fully saturated rings. The van der Waals surface area contributed by atoms with Crippen molar-refractivity contribution in [3.8, 4) is 5.75 Å². The Balaban J connectivity index is 2.31. The van der Waals surface area contributed by atoms with Crippen LogP contribution in [0, 0.1) is 0 Å². The normalized spacial score (nSPS) is 10.9. The number of ether oxygens (including phenoxy) is 2. The second kappa shape index (κ2) is 7.78. The molecule has 4 nitrogen and oxygen atoms in total. The molecule has 0 bridgehead atoms. The molecular weight excluding hydrogens is 280 g/mol. The number of methoxy groups -OCH3 is 1. The number of para-hydroxylation sites is 1. The zero-order valence-corrected chi connectivity index (χ0v) is 12.2. The van der Waals surface area contributed by atoms with Crippen molar-refractivity contribution in [2.24, 2.45) is 0 Å². The second-order valence-electron chi connectivity index (χ2n) is 4.49. The third-order valence-electron chi connectivity index (χ3n) is 3.02. The SMILES string of the molecule is COC(=O)COc1ccccc1/C(C=O)=C\c1ccccc1. The van der Waals surface area contributed by atoms with E-state index in [4.69, 9.17) is 4.74 Å². The van der Waals surface area contributed by atoms with Gasteiger partial charge in [0.1, 0.15) is 5.75 Å². The Kier molecular flexibility index (Phi) is 5.49. The molecule has 0 aromatic heterocycles. The molecule has 112 valence electrons. The molecule has 2 rings (SSSR count). The predicted octanol–water partition coefficient (Wildman–Crippen LogP) is 2.98. The first-order chi connectivity index (χ1) is 10.7. The van der Waals surface area contributed by atoms with Crippen molar-refractivity contribution in [3.05, 3.63) is 65.7 Å². The van der Waals surface area contributed by atoms with E-state index in [1.165, 1.54) is 7.11 Å². The monoisotopic (exact) mass is 296 g/mol. The Hall–Kier alpha value is -2.88. The molecule has 0 aliphatic heterocycles. The van der Waals surface area contributed by atoms with Crippen molar-refractivity contribution in [2.45, 2.75) is 0 Å². The Labute approximate surface area is 129 Å². The van der Waals surface area contributed by atoms with Crippen LogP contribution in [-0.4, -0.2) is 26.0 Å². The first kappa shape index (κ1) is 15.5. The summed E-state index contributed by atoms with van der Waals surface area (Å²) in [7, 11) is 1.30. The molecule has 0 N–H and O–H groups in total. The highest BCUT2D eigenvalue weighted by molar-refractivity contribution is 6.14. The highest BCUT2D eigenvalue weighted by Gasteiger charge is 2.10. The van der Waals surface area contributed by atoms with Crippen LogP contribution in [0.3, 0.4) is 0 Å². The highest BCUT2D eigenvalue weighted by atomic mass is 16.6. The lowest BCUT2D eigenvalue weighted by atomic mass is 10.0. The van der Waals surface area contributed by atoms with Crippen LogP contribution in [0.1, 0.15) is 11.1 Å². The topological polar surface area (TPSA) is 52.6 Å². The van der Waals surface area contributed by atoms with E-state index < -0.39 is 5.97 Å². The number of benzene rings is 2. The van der Waals surface area contributed by atoms with Gasteiger partial charge in [0.05, 0.1) is 7.11 Å². The van der Waals surface area contributed by atoms with E-state index in [0.717, 1.165) is 11.8 Å². The number of hydrogen-bond donors (Lipinski definition) is 0. The van der Waals surface area contributed by atoms with E-state index in [1.54, 1.807) is 24.3 Å². The predicted molar refractivity (Wildman–Crippen MR) is 84.3 cm³/mol. The molecule has 0 atom stereocenters. The minimum Gasteiger partial charge on any atom is -0.481 e. The highest BCUT2D eigenvalue weighted by Crippen LogP contribution is 2.26. The Morgan fingerprint density at radius 2 is 1.73 bits per heavy atom. The summed E-state index contributed by atoms with van der Waals surface area (Å²) in [4.78, 5) is 22.6. The van der Waals surface area contributed by atoms with E-state index in [-0.39, 0.29) is 6.61 Å². The van der Waals surface area contributed by atoms with Crippen LogP contribution in [0.25, 0.3) is 11.6 Å². The Morgan fingerprint density at radius 3 is 2.41 bits per heavy atom. The smallest absolute Gasteiger partial charge is 0.343 e. The summed E-state index contributed by atoms with van der Waals surface area (Å²) in [5.41, 5.74) is 2.02. The van der Waals surface area contributed by atoms with Crippen molar-refractivity contribution in [1.82, 2.24) is 0 Å². The van der Waals surface area contributed by atoms with Gasteiger partial charge in [0.25, 0.3) is 0 Å². The first-order valence-electron chi connectivity index (χ1n) is 6.75. The van der Waals surface area contributed by atoms with Crippen LogP contribution in [-0.2, 0) is 14.3 Å². The van der Waals surface area contributed by atoms with Crippen molar-refractivity contribution in [2.75, 3.05) is 13.7 Å². The van der Waals surface area contributed by atoms with Gasteiger partial charge in [0.2, 0.25) is 0 Å². The molecule has 0 heterocycles. The third-order valence-corrected chi connectivity index (χ3v) is 3.02. The summed E-state index contributed by atoms with van der Waals surface area (Å²) in [5.74, 6) is -0.0170. The van der Waals surface area contributed by atoms with Crippen molar-refractivity contribution in [3.63, 3.8) is 0 Å². The molecular formula is C18H16O4. The molecule has 0 aliphatic rings. The van der Waals surface area contributed by atoms with Gasteiger partial charge in [-0.3, -0.25) is 4.79 Å². The summed E-state index contributed by atoms with van der Waals surface area (Å²) in [6.07, 6.45) is 2.54. The largest absolute Gasteiger partial charge is 0.481 e. The molecule has 0 amide bonds. The molecule has 0 radical (unpaired) electrons. The maximum atomic E-state index is 11.4. The molecule has 2 aromatic carbocycles. The van der Waals surface area contributed by atoms with Gasteiger partial charge in [-0.25, -0.2) is 4.79 Å². The molecule has 2 aromatic rings. The molecule has 0 aliphatic carbocycles. The van der Waals surface area contributed by atoms with Crippen LogP contribution in [0.4, 0.5) is 0 Å². The van der Waals surface area contributed by atoms with E-state index in [2.05, 4.69) is 4.74 Å². The summed E-state index contributed by atoms with van der Waals surface area (Å²) < 4.78 is 9.98. The fraction of sp³-hybridized carbons (Fsp3) is 0.111. The number of esters is 1. The van der Waals surface area contributed by atoms with Gasteiger partial charge in [-0.1, -0.05) is 48.5 Å². The number of carbonyl (C=O) groups is 2. The van der Waals surface area contributed by atoms with Gasteiger partial charge in [-0.2, -0.15) is 0 Å². The van der Waals surface area contributed by atoms with Crippen molar-refractivity contribution < 1.29 is 19.1 Å². The Morgan fingerprint density at radius 1 is 1.05 bits per heavy atom. The summed E-state index contributed by atoms with van der Waals surface area (Å²) in [6.45, 7) is -0.203. The molecule has 22 heavy (non-hydrogen) atoms. The molecule has 0 spiro atoms. The number of aldehydes is 1. The maximum Gasteiger partial charge on any atom is 0.343 e. The standard InChI is InChI=1S/C18H16O4/c1-21-18(20)13-22-17-10-6-5-9-16(17)15(12-19)11-14-7-3-2-4-8-14/h2-12H,13H2,1H3/b15-11-. The number of hydrogen-bond acceptors (Lipinski definition) is 4. The molecule has 0 unspecified atom stereocenters. The quantitative estimate of drug-likeness (QED) is 0.356. The van der Waals surface area contributed by atoms with Gasteiger partial charge >= 0.3 is 5.97 Å². The van der Waals surface area contributed by atoms with Gasteiger partial charge in [-0.15, -0.1) is 0 Å². The zero-order valence-electron chi connectivity index (χ0n) is 12.2. The van der Waals surface area contributed by atoms with E-state index in [9.17, 15) is 9.59 Å². The lowest BCUT2D eigenvalue weighted by Crippen LogP contribution is -2.13. The average Bonchev–Trinajstić information content (AvgIpc) is 2.58. The zero-order chi connectivity index (χ0) is 15.8. The van der Waals surface area contributed by atoms with Crippen molar-refractivity contribution in [1.29, 1.82) is 0 Å². The molecule has 0 saturated heterocycles. The lowest BCUT2D eigenvalue weighted by Gasteiger charge is -2.10. The van der Waals surface area contributed by atoms with Crippen LogP contribution >= 0.6 is 0 Å². The minimum atomic E-state index is -0.477. The van der Waals surface area contributed by atoms with Crippen molar-refractivity contribution >= 4 is 23.9 Å². The molecule has 4 heteroatoms. The van der Waals surface area contributed by atoms with Gasteiger partial charge in [-0.05, 0) is 17.7 Å². The summed E-state index contributed by atoms with van der Waals surface area (Å²) in [6, 6.07) is 16.6. The van der Waals surface area contributed by atoms with Crippen LogP contribution in [0.2, 0.25) is 0 Å². The minimum absolute atomic E-state index is 0.203. The lowest BCUT2D eigenvalue weighted by molar-refractivity contribution is -0.142. The number of allylic oxidation sites excluding steroid dienone is 1. The summed E-state index contributed by atoms with van der Waals surface area (Å²) >= 11 is 0. The number of carbonyl (C=O) groups excluding carboxylic acids is 2. The first-order valence-corrected chi connectivity index (χ1v) is 6.75. The number of rotatable bonds is 6. The maximum absolute atomic E-state index is 11.4. The average molecular weight is 296 g/mol. The Bertz CT molecular complexity index is 674. The molecule has 0 saturated carbocycles. The van der Waals surface area contributed by atoms with E-state index >= 15 is 0 Å². The third kappa shape index (κ3) is 4.06. The fourth-order valence-electron chi connectivity index (χ4n) is 1.93. The van der Waals surface area contributed by atoms with Gasteiger partial charge < -0.3 is 9.47 Å². The van der Waals surface area contributed by atoms with Gasteiger partial charge in [0, 0.05) is 11.1 Å². The second-order valence-corrected chi connectivity index (χ2v) is 4.49. The fourth-order valence-corrected chi connectivity index (χ4v) is 1.93. The van der Waals surface area contributed by atoms with Crippen LogP contribution in [0.15, 0.2) is 54.6 Å². The van der Waals surface area contributed by atoms with Crippen LogP contribution in [0.5, 0.6) is 5.75 Å². The summed E-state index contributed by atoms with van der Waals surface area (Å²) in [5, 5.41) is 0.